The van der Waals surface area contributed by atoms with Crippen molar-refractivity contribution in [2.75, 3.05) is 7.05 Å². The second-order valence-corrected chi connectivity index (χ2v) is 4.77. The van der Waals surface area contributed by atoms with E-state index < -0.39 is 0 Å². The Hall–Kier alpha value is -2.36. The molecule has 1 heterocycles. The lowest BCUT2D eigenvalue weighted by molar-refractivity contribution is 0.206. The number of nitrogens with one attached hydrogen (secondary N) is 1. The summed E-state index contributed by atoms with van der Waals surface area (Å²) >= 11 is 0. The number of amides is 2. The second kappa shape index (κ2) is 6.70. The molecule has 1 aromatic heterocycles. The summed E-state index contributed by atoms with van der Waals surface area (Å²) < 4.78 is 0. The van der Waals surface area contributed by atoms with Gasteiger partial charge in [0.05, 0.1) is 12.2 Å². The maximum atomic E-state index is 12.0. The number of carbonyl (C=O) groups is 1. The van der Waals surface area contributed by atoms with Crippen LogP contribution in [0.15, 0.2) is 48.5 Å². The van der Waals surface area contributed by atoms with Gasteiger partial charge in [-0.1, -0.05) is 36.4 Å². The summed E-state index contributed by atoms with van der Waals surface area (Å²) in [5.74, 6) is 0. The smallest absolute Gasteiger partial charge is 0.317 e. The van der Waals surface area contributed by atoms with Gasteiger partial charge in [0.15, 0.2) is 0 Å². The predicted molar refractivity (Wildman–Crippen MR) is 79.1 cm³/mol. The number of hydrogen-bond donors (Lipinski definition) is 1. The lowest BCUT2D eigenvalue weighted by Crippen LogP contribution is -2.36. The minimum absolute atomic E-state index is 0.0999. The molecule has 0 fully saturated rings. The Morgan fingerprint density at radius 2 is 1.90 bits per heavy atom. The number of urea groups is 1. The predicted octanol–water partition coefficient (Wildman–Crippen LogP) is 2.73. The summed E-state index contributed by atoms with van der Waals surface area (Å²) in [5, 5.41) is 2.89. The van der Waals surface area contributed by atoms with Crippen molar-refractivity contribution in [2.24, 2.45) is 0 Å². The molecule has 4 nitrogen and oxygen atoms in total. The average molecular weight is 269 g/mol. The van der Waals surface area contributed by atoms with E-state index in [0.29, 0.717) is 13.1 Å². The summed E-state index contributed by atoms with van der Waals surface area (Å²) in [6.07, 6.45) is 0. The molecule has 0 unspecified atom stereocenters. The highest BCUT2D eigenvalue weighted by atomic mass is 16.2. The van der Waals surface area contributed by atoms with Gasteiger partial charge in [0.1, 0.15) is 0 Å². The minimum Gasteiger partial charge on any atom is -0.334 e. The van der Waals surface area contributed by atoms with E-state index in [1.165, 1.54) is 0 Å². The van der Waals surface area contributed by atoms with Crippen LogP contribution in [0, 0.1) is 6.92 Å². The van der Waals surface area contributed by atoms with Crippen LogP contribution >= 0.6 is 0 Å². The lowest BCUT2D eigenvalue weighted by atomic mass is 10.2. The molecule has 4 heteroatoms. The largest absolute Gasteiger partial charge is 0.334 e. The van der Waals surface area contributed by atoms with E-state index >= 15 is 0 Å². The molecule has 104 valence electrons. The second-order valence-electron chi connectivity index (χ2n) is 4.77. The fourth-order valence-electron chi connectivity index (χ4n) is 1.91. The minimum atomic E-state index is -0.0999. The van der Waals surface area contributed by atoms with Crippen molar-refractivity contribution in [3.63, 3.8) is 0 Å². The van der Waals surface area contributed by atoms with Crippen molar-refractivity contribution >= 4 is 6.03 Å². The molecular formula is C16H19N3O. The van der Waals surface area contributed by atoms with Gasteiger partial charge < -0.3 is 10.2 Å². The Morgan fingerprint density at radius 3 is 2.60 bits per heavy atom. The van der Waals surface area contributed by atoms with Crippen molar-refractivity contribution in [3.8, 4) is 0 Å². The maximum Gasteiger partial charge on any atom is 0.317 e. The van der Waals surface area contributed by atoms with Crippen molar-refractivity contribution in [1.29, 1.82) is 0 Å². The number of nitrogens with zero attached hydrogens (tertiary/aromatic N) is 2. The fraction of sp³-hybridized carbons (Fsp3) is 0.250. The Kier molecular flexibility index (Phi) is 4.71. The molecule has 0 saturated heterocycles. The lowest BCUT2D eigenvalue weighted by Gasteiger charge is -2.17. The summed E-state index contributed by atoms with van der Waals surface area (Å²) in [4.78, 5) is 18.0. The van der Waals surface area contributed by atoms with Gasteiger partial charge in [0.25, 0.3) is 0 Å². The molecule has 0 saturated carbocycles. The van der Waals surface area contributed by atoms with E-state index in [-0.39, 0.29) is 6.03 Å². The number of aryl methyl sites for hydroxylation is 1. The van der Waals surface area contributed by atoms with Crippen molar-refractivity contribution < 1.29 is 4.79 Å². The van der Waals surface area contributed by atoms with Gasteiger partial charge in [-0.15, -0.1) is 0 Å². The molecule has 0 aliphatic rings. The highest BCUT2D eigenvalue weighted by molar-refractivity contribution is 5.73. The summed E-state index contributed by atoms with van der Waals surface area (Å²) in [6, 6.07) is 15.6. The van der Waals surface area contributed by atoms with Crippen LogP contribution in [0.3, 0.4) is 0 Å². The first kappa shape index (κ1) is 14.1. The summed E-state index contributed by atoms with van der Waals surface area (Å²) in [7, 11) is 1.77. The highest BCUT2D eigenvalue weighted by Gasteiger charge is 2.09. The van der Waals surface area contributed by atoms with Gasteiger partial charge >= 0.3 is 6.03 Å². The summed E-state index contributed by atoms with van der Waals surface area (Å²) in [6.45, 7) is 2.98. The van der Waals surface area contributed by atoms with E-state index in [1.54, 1.807) is 11.9 Å². The normalized spacial score (nSPS) is 10.1. The van der Waals surface area contributed by atoms with Gasteiger partial charge in [0.2, 0.25) is 0 Å². The zero-order valence-corrected chi connectivity index (χ0v) is 11.8. The fourth-order valence-corrected chi connectivity index (χ4v) is 1.91. The number of benzene rings is 1. The van der Waals surface area contributed by atoms with Crippen LogP contribution in [0.1, 0.15) is 17.0 Å². The molecule has 0 atom stereocenters. The van der Waals surface area contributed by atoms with E-state index in [4.69, 9.17) is 0 Å². The molecule has 0 bridgehead atoms. The van der Waals surface area contributed by atoms with E-state index in [0.717, 1.165) is 17.0 Å². The number of carbonyl (C=O) groups excluding carboxylic acids is 1. The quantitative estimate of drug-likeness (QED) is 0.927. The molecular weight excluding hydrogens is 250 g/mol. The highest BCUT2D eigenvalue weighted by Crippen LogP contribution is 2.03. The first-order valence-electron chi connectivity index (χ1n) is 6.60. The molecule has 1 aromatic carbocycles. The summed E-state index contributed by atoms with van der Waals surface area (Å²) in [5.41, 5.74) is 2.94. The molecule has 0 radical (unpaired) electrons. The Bertz CT molecular complexity index is 569. The van der Waals surface area contributed by atoms with Gasteiger partial charge in [-0.05, 0) is 24.6 Å². The van der Waals surface area contributed by atoms with Gasteiger partial charge in [-0.25, -0.2) is 4.79 Å². The molecule has 2 amide bonds. The van der Waals surface area contributed by atoms with E-state index in [2.05, 4.69) is 10.3 Å². The van der Waals surface area contributed by atoms with Crippen LogP contribution in [0.5, 0.6) is 0 Å². The van der Waals surface area contributed by atoms with E-state index in [1.807, 2.05) is 55.5 Å². The third-order valence-electron chi connectivity index (χ3n) is 2.98. The van der Waals surface area contributed by atoms with Crippen molar-refractivity contribution in [2.45, 2.75) is 20.0 Å². The number of rotatable bonds is 4. The van der Waals surface area contributed by atoms with Gasteiger partial charge in [-0.2, -0.15) is 0 Å². The van der Waals surface area contributed by atoms with Crippen LogP contribution in [0.2, 0.25) is 0 Å². The SMILES string of the molecule is Cc1cccc(CN(C)C(=O)NCc2ccccc2)n1. The number of hydrogen-bond acceptors (Lipinski definition) is 2. The monoisotopic (exact) mass is 269 g/mol. The van der Waals surface area contributed by atoms with Crippen LogP contribution in [-0.2, 0) is 13.1 Å². The molecule has 2 rings (SSSR count). The Balaban J connectivity index is 1.86. The van der Waals surface area contributed by atoms with E-state index in [9.17, 15) is 4.79 Å². The van der Waals surface area contributed by atoms with Crippen LogP contribution in [0.4, 0.5) is 4.79 Å². The molecule has 20 heavy (non-hydrogen) atoms. The number of pyridine rings is 1. The standard InChI is InChI=1S/C16H19N3O/c1-13-7-6-10-15(18-13)12-19(2)16(20)17-11-14-8-4-3-5-9-14/h3-10H,11-12H2,1-2H3,(H,17,20). The number of aromatic nitrogens is 1. The molecule has 0 aliphatic heterocycles. The topological polar surface area (TPSA) is 45.2 Å². The first-order chi connectivity index (χ1) is 9.65. The third-order valence-corrected chi connectivity index (χ3v) is 2.98. The van der Waals surface area contributed by atoms with Gasteiger partial charge in [0, 0.05) is 19.3 Å². The van der Waals surface area contributed by atoms with Crippen molar-refractivity contribution in [1.82, 2.24) is 15.2 Å². The Morgan fingerprint density at radius 1 is 1.15 bits per heavy atom. The zero-order chi connectivity index (χ0) is 14.4. The van der Waals surface area contributed by atoms with Crippen LogP contribution in [-0.4, -0.2) is 23.0 Å². The Labute approximate surface area is 119 Å². The molecule has 0 spiro atoms. The van der Waals surface area contributed by atoms with Crippen molar-refractivity contribution in [3.05, 3.63) is 65.5 Å². The maximum absolute atomic E-state index is 12.0. The molecule has 2 aromatic rings. The average Bonchev–Trinajstić information content (AvgIpc) is 2.46. The molecule has 0 aliphatic carbocycles. The molecule has 1 N–H and O–H groups in total. The zero-order valence-electron chi connectivity index (χ0n) is 11.8. The third kappa shape index (κ3) is 4.09. The van der Waals surface area contributed by atoms with Crippen LogP contribution in [0.25, 0.3) is 0 Å². The van der Waals surface area contributed by atoms with Gasteiger partial charge in [-0.3, -0.25) is 4.98 Å². The first-order valence-corrected chi connectivity index (χ1v) is 6.60. The van der Waals surface area contributed by atoms with Crippen LogP contribution < -0.4 is 5.32 Å².